The maximum atomic E-state index is 14.3. The van der Waals surface area contributed by atoms with E-state index in [-0.39, 0.29) is 17.5 Å². The van der Waals surface area contributed by atoms with Crippen LogP contribution in [0.1, 0.15) is 55.1 Å². The molecule has 0 bridgehead atoms. The Morgan fingerprint density at radius 2 is 2.08 bits per heavy atom. The third kappa shape index (κ3) is 2.97. The maximum Gasteiger partial charge on any atom is 0.410 e. The smallest absolute Gasteiger partial charge is 0.410 e. The molecule has 130 valence electrons. The van der Waals surface area contributed by atoms with Crippen molar-refractivity contribution in [2.75, 3.05) is 13.1 Å². The Labute approximate surface area is 141 Å². The molecule has 0 aromatic heterocycles. The van der Waals surface area contributed by atoms with Crippen molar-refractivity contribution in [3.63, 3.8) is 0 Å². The Morgan fingerprint density at radius 3 is 2.71 bits per heavy atom. The van der Waals surface area contributed by atoms with Crippen LogP contribution in [-0.4, -0.2) is 41.6 Å². The standard InChI is InChI=1S/C18H23FN2O3/c1-5-10-6-11-12-8-21(17(23)24-18(2,3)4)9-14(12)20-16(22)15(11)13(19)7-10/h6-7,12,14H,5,8-9H2,1-4H3,(H,20,22)/t12-,14+/m1/s1. The van der Waals surface area contributed by atoms with E-state index in [4.69, 9.17) is 4.74 Å². The second-order valence-corrected chi connectivity index (χ2v) is 7.47. The second kappa shape index (κ2) is 5.76. The van der Waals surface area contributed by atoms with E-state index in [9.17, 15) is 14.0 Å². The summed E-state index contributed by atoms with van der Waals surface area (Å²) >= 11 is 0. The zero-order valence-corrected chi connectivity index (χ0v) is 14.5. The number of likely N-dealkylation sites (tertiary alicyclic amines) is 1. The first-order chi connectivity index (χ1) is 11.2. The van der Waals surface area contributed by atoms with Gasteiger partial charge in [0.05, 0.1) is 11.6 Å². The van der Waals surface area contributed by atoms with Crippen molar-refractivity contribution in [3.05, 3.63) is 34.6 Å². The van der Waals surface area contributed by atoms with Crippen molar-refractivity contribution in [1.29, 1.82) is 0 Å². The molecule has 0 aliphatic carbocycles. The van der Waals surface area contributed by atoms with E-state index in [1.54, 1.807) is 4.90 Å². The summed E-state index contributed by atoms with van der Waals surface area (Å²) in [5.41, 5.74) is 1.09. The van der Waals surface area contributed by atoms with Crippen LogP contribution in [0, 0.1) is 5.82 Å². The summed E-state index contributed by atoms with van der Waals surface area (Å²) in [4.78, 5) is 26.2. The summed E-state index contributed by atoms with van der Waals surface area (Å²) in [5.74, 6) is -1.00. The van der Waals surface area contributed by atoms with E-state index in [2.05, 4.69) is 5.32 Å². The van der Waals surface area contributed by atoms with E-state index < -0.39 is 23.4 Å². The predicted octanol–water partition coefficient (Wildman–Crippen LogP) is 2.83. The molecule has 0 saturated carbocycles. The molecule has 3 rings (SSSR count). The highest BCUT2D eigenvalue weighted by molar-refractivity contribution is 5.98. The van der Waals surface area contributed by atoms with Gasteiger partial charge in [0, 0.05) is 19.0 Å². The number of benzene rings is 1. The van der Waals surface area contributed by atoms with Gasteiger partial charge in [-0.2, -0.15) is 0 Å². The lowest BCUT2D eigenvalue weighted by Gasteiger charge is -2.28. The van der Waals surface area contributed by atoms with Crippen LogP contribution >= 0.6 is 0 Å². The molecule has 1 fully saturated rings. The van der Waals surface area contributed by atoms with Gasteiger partial charge in [-0.3, -0.25) is 4.79 Å². The number of halogens is 1. The number of hydrogen-bond acceptors (Lipinski definition) is 3. The Kier molecular flexibility index (Phi) is 4.01. The van der Waals surface area contributed by atoms with E-state index >= 15 is 0 Å². The molecule has 0 radical (unpaired) electrons. The molecule has 2 amide bonds. The first kappa shape index (κ1) is 16.7. The number of amides is 2. The molecule has 1 aromatic rings. The van der Waals surface area contributed by atoms with E-state index in [1.807, 2.05) is 33.8 Å². The molecule has 1 N–H and O–H groups in total. The number of nitrogens with zero attached hydrogens (tertiary/aromatic N) is 1. The zero-order chi connectivity index (χ0) is 17.6. The summed E-state index contributed by atoms with van der Waals surface area (Å²) in [6, 6.07) is 3.11. The molecule has 6 heteroatoms. The lowest BCUT2D eigenvalue weighted by Crippen LogP contribution is -2.45. The quantitative estimate of drug-likeness (QED) is 0.859. The molecule has 0 spiro atoms. The summed E-state index contributed by atoms with van der Waals surface area (Å²) in [6.45, 7) is 8.18. The van der Waals surface area contributed by atoms with Crippen LogP contribution in [0.5, 0.6) is 0 Å². The fourth-order valence-corrected chi connectivity index (χ4v) is 3.40. The van der Waals surface area contributed by atoms with Gasteiger partial charge in [0.2, 0.25) is 0 Å². The highest BCUT2D eigenvalue weighted by Gasteiger charge is 2.44. The van der Waals surface area contributed by atoms with Crippen molar-refractivity contribution in [2.45, 2.75) is 51.7 Å². The molecular formula is C18H23FN2O3. The van der Waals surface area contributed by atoms with Crippen molar-refractivity contribution in [1.82, 2.24) is 10.2 Å². The minimum atomic E-state index is -0.576. The zero-order valence-electron chi connectivity index (χ0n) is 14.5. The van der Waals surface area contributed by atoms with Crippen LogP contribution in [-0.2, 0) is 11.2 Å². The number of nitrogens with one attached hydrogen (secondary N) is 1. The largest absolute Gasteiger partial charge is 0.444 e. The number of carbonyl (C=O) groups is 2. The van der Waals surface area contributed by atoms with Crippen LogP contribution in [0.4, 0.5) is 9.18 Å². The number of fused-ring (bicyclic) bond motifs is 3. The van der Waals surface area contributed by atoms with Crippen LogP contribution in [0.3, 0.4) is 0 Å². The van der Waals surface area contributed by atoms with Crippen LogP contribution < -0.4 is 5.32 Å². The molecular weight excluding hydrogens is 311 g/mol. The van der Waals surface area contributed by atoms with E-state index in [1.165, 1.54) is 6.07 Å². The summed E-state index contributed by atoms with van der Waals surface area (Å²) in [6.07, 6.45) is 0.290. The van der Waals surface area contributed by atoms with Gasteiger partial charge in [0.1, 0.15) is 11.4 Å². The lowest BCUT2D eigenvalue weighted by atomic mass is 9.85. The van der Waals surface area contributed by atoms with Crippen LogP contribution in [0.15, 0.2) is 12.1 Å². The fraction of sp³-hybridized carbons (Fsp3) is 0.556. The van der Waals surface area contributed by atoms with Crippen molar-refractivity contribution in [2.24, 2.45) is 0 Å². The van der Waals surface area contributed by atoms with Gasteiger partial charge < -0.3 is 15.0 Å². The predicted molar refractivity (Wildman–Crippen MR) is 87.6 cm³/mol. The molecule has 0 unspecified atom stereocenters. The van der Waals surface area contributed by atoms with Gasteiger partial charge in [0.15, 0.2) is 0 Å². The first-order valence-corrected chi connectivity index (χ1v) is 8.30. The number of aryl methyl sites for hydroxylation is 1. The van der Waals surface area contributed by atoms with Crippen molar-refractivity contribution in [3.8, 4) is 0 Å². The van der Waals surface area contributed by atoms with Crippen LogP contribution in [0.25, 0.3) is 0 Å². The third-order valence-corrected chi connectivity index (χ3v) is 4.50. The Hall–Kier alpha value is -2.11. The average molecular weight is 334 g/mol. The SMILES string of the molecule is CCc1cc(F)c2c(c1)[C@H]1CN(C(=O)OC(C)(C)C)C[C@@H]1NC2=O. The summed E-state index contributed by atoms with van der Waals surface area (Å²) < 4.78 is 19.7. The van der Waals surface area contributed by atoms with E-state index in [0.717, 1.165) is 5.56 Å². The lowest BCUT2D eigenvalue weighted by molar-refractivity contribution is 0.0288. The third-order valence-electron chi connectivity index (χ3n) is 4.50. The molecule has 2 aliphatic heterocycles. The molecule has 1 aromatic carbocycles. The first-order valence-electron chi connectivity index (χ1n) is 8.30. The maximum absolute atomic E-state index is 14.3. The minimum absolute atomic E-state index is 0.105. The topological polar surface area (TPSA) is 58.6 Å². The molecule has 1 saturated heterocycles. The molecule has 5 nitrogen and oxygen atoms in total. The highest BCUT2D eigenvalue weighted by Crippen LogP contribution is 2.36. The fourth-order valence-electron chi connectivity index (χ4n) is 3.40. The highest BCUT2D eigenvalue weighted by atomic mass is 19.1. The average Bonchev–Trinajstić information content (AvgIpc) is 2.89. The van der Waals surface area contributed by atoms with Gasteiger partial charge in [-0.15, -0.1) is 0 Å². The normalized spacial score (nSPS) is 22.7. The van der Waals surface area contributed by atoms with E-state index in [0.29, 0.717) is 25.1 Å². The number of ether oxygens (including phenoxy) is 1. The second-order valence-electron chi connectivity index (χ2n) is 7.47. The molecule has 2 aliphatic rings. The Balaban J connectivity index is 1.90. The van der Waals surface area contributed by atoms with Crippen molar-refractivity contribution >= 4 is 12.0 Å². The van der Waals surface area contributed by atoms with Gasteiger partial charge in [-0.25, -0.2) is 9.18 Å². The number of hydrogen-bond donors (Lipinski definition) is 1. The van der Waals surface area contributed by atoms with Gasteiger partial charge in [-0.1, -0.05) is 13.0 Å². The van der Waals surface area contributed by atoms with Gasteiger partial charge in [-0.05, 0) is 44.4 Å². The Bertz CT molecular complexity index is 696. The molecule has 24 heavy (non-hydrogen) atoms. The summed E-state index contributed by atoms with van der Waals surface area (Å²) in [7, 11) is 0. The van der Waals surface area contributed by atoms with Gasteiger partial charge >= 0.3 is 6.09 Å². The van der Waals surface area contributed by atoms with Gasteiger partial charge in [0.25, 0.3) is 5.91 Å². The van der Waals surface area contributed by atoms with Crippen LogP contribution in [0.2, 0.25) is 0 Å². The number of rotatable bonds is 1. The minimum Gasteiger partial charge on any atom is -0.444 e. The Morgan fingerprint density at radius 1 is 1.38 bits per heavy atom. The van der Waals surface area contributed by atoms with Crippen molar-refractivity contribution < 1.29 is 18.7 Å². The summed E-state index contributed by atoms with van der Waals surface area (Å²) in [5, 5.41) is 2.83. The monoisotopic (exact) mass is 334 g/mol. The molecule has 2 atom stereocenters. The molecule has 2 heterocycles. The number of carbonyl (C=O) groups excluding carboxylic acids is 2.